The molecule has 1 heterocycles. The molecule has 0 fully saturated rings. The first kappa shape index (κ1) is 11.3. The molecule has 0 bridgehead atoms. The lowest BCUT2D eigenvalue weighted by molar-refractivity contribution is -0.136. The lowest BCUT2D eigenvalue weighted by atomic mass is 10.1. The van der Waals surface area contributed by atoms with Gasteiger partial charge in [0.15, 0.2) is 0 Å². The number of carbonyl (C=O) groups is 1. The predicted molar refractivity (Wildman–Crippen MR) is 55.4 cm³/mol. The molecule has 0 unspecified atom stereocenters. The Labute approximate surface area is 95.3 Å². The number of rotatable bonds is 3. The molecule has 1 aromatic heterocycles. The number of carboxylic acids is 1. The fourth-order valence-electron chi connectivity index (χ4n) is 1.45. The Balaban J connectivity index is 2.36. The van der Waals surface area contributed by atoms with E-state index in [2.05, 4.69) is 0 Å². The van der Waals surface area contributed by atoms with Crippen LogP contribution in [0.4, 0.5) is 8.78 Å². The molecule has 2 rings (SSSR count). The average molecular weight is 238 g/mol. The van der Waals surface area contributed by atoms with Gasteiger partial charge < -0.3 is 9.52 Å². The number of hydrogen-bond donors (Lipinski definition) is 1. The van der Waals surface area contributed by atoms with Crippen molar-refractivity contribution < 1.29 is 23.1 Å². The quantitative estimate of drug-likeness (QED) is 0.894. The Morgan fingerprint density at radius 3 is 2.71 bits per heavy atom. The van der Waals surface area contributed by atoms with Gasteiger partial charge in [-0.25, -0.2) is 8.78 Å². The summed E-state index contributed by atoms with van der Waals surface area (Å²) in [6.07, 6.45) is -0.295. The normalized spacial score (nSPS) is 10.5. The van der Waals surface area contributed by atoms with E-state index in [-0.39, 0.29) is 23.5 Å². The fraction of sp³-hybridized carbons (Fsp3) is 0.0833. The van der Waals surface area contributed by atoms with Gasteiger partial charge in [0, 0.05) is 0 Å². The molecule has 0 atom stereocenters. The van der Waals surface area contributed by atoms with Crippen LogP contribution in [0.1, 0.15) is 5.76 Å². The van der Waals surface area contributed by atoms with Gasteiger partial charge in [0.25, 0.3) is 0 Å². The van der Waals surface area contributed by atoms with E-state index in [4.69, 9.17) is 9.52 Å². The number of carboxylic acid groups (broad SMARTS) is 1. The van der Waals surface area contributed by atoms with Crippen LogP contribution in [0.3, 0.4) is 0 Å². The highest BCUT2D eigenvalue weighted by Gasteiger charge is 2.12. The maximum absolute atomic E-state index is 13.4. The molecule has 1 aromatic carbocycles. The number of aliphatic carboxylic acids is 1. The second-order valence-corrected chi connectivity index (χ2v) is 3.46. The van der Waals surface area contributed by atoms with Crippen molar-refractivity contribution in [2.45, 2.75) is 6.42 Å². The molecule has 0 aliphatic rings. The Bertz CT molecular complexity index is 561. The number of hydrogen-bond acceptors (Lipinski definition) is 2. The van der Waals surface area contributed by atoms with E-state index in [0.29, 0.717) is 0 Å². The molecular formula is C12H8F2O3. The number of benzene rings is 1. The summed E-state index contributed by atoms with van der Waals surface area (Å²) in [7, 11) is 0. The van der Waals surface area contributed by atoms with Crippen LogP contribution in [0.5, 0.6) is 0 Å². The van der Waals surface area contributed by atoms with Gasteiger partial charge in [-0.2, -0.15) is 0 Å². The van der Waals surface area contributed by atoms with Gasteiger partial charge in [-0.3, -0.25) is 4.79 Å². The van der Waals surface area contributed by atoms with Gasteiger partial charge in [-0.15, -0.1) is 0 Å². The van der Waals surface area contributed by atoms with Crippen LogP contribution in [-0.4, -0.2) is 11.1 Å². The third-order valence-electron chi connectivity index (χ3n) is 2.18. The van der Waals surface area contributed by atoms with E-state index in [1.54, 1.807) is 0 Å². The summed E-state index contributed by atoms with van der Waals surface area (Å²) in [4.78, 5) is 10.4. The Kier molecular flexibility index (Phi) is 2.91. The van der Waals surface area contributed by atoms with Crippen molar-refractivity contribution in [3.63, 3.8) is 0 Å². The highest BCUT2D eigenvalue weighted by Crippen LogP contribution is 2.25. The van der Waals surface area contributed by atoms with E-state index < -0.39 is 17.6 Å². The Hall–Kier alpha value is -2.17. The zero-order valence-electron chi connectivity index (χ0n) is 8.61. The SMILES string of the molecule is O=C(O)Cc1ccc(-c2cc(F)ccc2F)o1. The van der Waals surface area contributed by atoms with Crippen molar-refractivity contribution in [2.24, 2.45) is 0 Å². The summed E-state index contributed by atoms with van der Waals surface area (Å²) in [5.74, 6) is -1.96. The first-order chi connectivity index (χ1) is 8.06. The van der Waals surface area contributed by atoms with Crippen LogP contribution in [-0.2, 0) is 11.2 Å². The van der Waals surface area contributed by atoms with E-state index >= 15 is 0 Å². The zero-order chi connectivity index (χ0) is 12.4. The van der Waals surface area contributed by atoms with Crippen molar-refractivity contribution in [3.05, 3.63) is 47.7 Å². The second kappa shape index (κ2) is 4.37. The number of furan rings is 1. The molecular weight excluding hydrogens is 230 g/mol. The minimum absolute atomic E-state index is 0.0263. The molecule has 0 saturated carbocycles. The van der Waals surface area contributed by atoms with E-state index in [1.165, 1.54) is 12.1 Å². The Morgan fingerprint density at radius 1 is 1.24 bits per heavy atom. The van der Waals surface area contributed by atoms with Gasteiger partial charge in [0.1, 0.15) is 29.6 Å². The summed E-state index contributed by atoms with van der Waals surface area (Å²) >= 11 is 0. The standard InChI is InChI=1S/C12H8F2O3/c13-7-1-3-10(14)9(5-7)11-4-2-8(17-11)6-12(15)16/h1-5H,6H2,(H,15,16). The average Bonchev–Trinajstić information content (AvgIpc) is 2.69. The maximum atomic E-state index is 13.4. The molecule has 0 radical (unpaired) electrons. The molecule has 0 saturated heterocycles. The van der Waals surface area contributed by atoms with Crippen LogP contribution >= 0.6 is 0 Å². The van der Waals surface area contributed by atoms with Crippen LogP contribution in [0.15, 0.2) is 34.7 Å². The molecule has 88 valence electrons. The first-order valence-corrected chi connectivity index (χ1v) is 4.82. The summed E-state index contributed by atoms with van der Waals surface area (Å²) < 4.78 is 31.5. The smallest absolute Gasteiger partial charge is 0.311 e. The summed E-state index contributed by atoms with van der Waals surface area (Å²) in [6.45, 7) is 0. The maximum Gasteiger partial charge on any atom is 0.311 e. The summed E-state index contributed by atoms with van der Waals surface area (Å²) in [5, 5.41) is 8.55. The largest absolute Gasteiger partial charge is 0.481 e. The second-order valence-electron chi connectivity index (χ2n) is 3.46. The van der Waals surface area contributed by atoms with Crippen molar-refractivity contribution >= 4 is 5.97 Å². The van der Waals surface area contributed by atoms with Crippen LogP contribution in [0.25, 0.3) is 11.3 Å². The molecule has 3 nitrogen and oxygen atoms in total. The lowest BCUT2D eigenvalue weighted by Gasteiger charge is -1.99. The minimum atomic E-state index is -1.05. The van der Waals surface area contributed by atoms with Gasteiger partial charge in [-0.1, -0.05) is 0 Å². The van der Waals surface area contributed by atoms with E-state index in [9.17, 15) is 13.6 Å². The van der Waals surface area contributed by atoms with Gasteiger partial charge >= 0.3 is 5.97 Å². The van der Waals surface area contributed by atoms with Crippen molar-refractivity contribution in [2.75, 3.05) is 0 Å². The van der Waals surface area contributed by atoms with Crippen LogP contribution in [0, 0.1) is 11.6 Å². The highest BCUT2D eigenvalue weighted by molar-refractivity contribution is 5.70. The molecule has 0 aliphatic carbocycles. The number of halogens is 2. The van der Waals surface area contributed by atoms with E-state index in [0.717, 1.165) is 18.2 Å². The highest BCUT2D eigenvalue weighted by atomic mass is 19.1. The summed E-state index contributed by atoms with van der Waals surface area (Å²) in [6, 6.07) is 5.83. The van der Waals surface area contributed by atoms with Gasteiger partial charge in [0.05, 0.1) is 5.56 Å². The lowest BCUT2D eigenvalue weighted by Crippen LogP contribution is -1.97. The van der Waals surface area contributed by atoms with Crippen LogP contribution in [0.2, 0.25) is 0 Å². The van der Waals surface area contributed by atoms with Crippen LogP contribution < -0.4 is 0 Å². The monoisotopic (exact) mass is 238 g/mol. The first-order valence-electron chi connectivity index (χ1n) is 4.82. The van der Waals surface area contributed by atoms with Crippen molar-refractivity contribution in [3.8, 4) is 11.3 Å². The zero-order valence-corrected chi connectivity index (χ0v) is 8.61. The topological polar surface area (TPSA) is 50.4 Å². The Morgan fingerprint density at radius 2 is 2.00 bits per heavy atom. The van der Waals surface area contributed by atoms with E-state index in [1.807, 2.05) is 0 Å². The molecule has 0 spiro atoms. The fourth-order valence-corrected chi connectivity index (χ4v) is 1.45. The summed E-state index contributed by atoms with van der Waals surface area (Å²) in [5.41, 5.74) is -0.0263. The van der Waals surface area contributed by atoms with Crippen molar-refractivity contribution in [1.82, 2.24) is 0 Å². The van der Waals surface area contributed by atoms with Gasteiger partial charge in [-0.05, 0) is 30.3 Å². The molecule has 5 heteroatoms. The molecule has 17 heavy (non-hydrogen) atoms. The van der Waals surface area contributed by atoms with Gasteiger partial charge in [0.2, 0.25) is 0 Å². The molecule has 0 aliphatic heterocycles. The molecule has 1 N–H and O–H groups in total. The van der Waals surface area contributed by atoms with Crippen molar-refractivity contribution in [1.29, 1.82) is 0 Å². The molecule has 0 amide bonds. The third kappa shape index (κ3) is 2.50. The predicted octanol–water partition coefficient (Wildman–Crippen LogP) is 2.85. The molecule has 2 aromatic rings. The third-order valence-corrected chi connectivity index (χ3v) is 2.18. The minimum Gasteiger partial charge on any atom is -0.481 e.